The molecule has 0 aliphatic carbocycles. The van der Waals surface area contributed by atoms with Crippen molar-refractivity contribution in [2.45, 2.75) is 52.7 Å². The average molecular weight is 471 g/mol. The largest absolute Gasteiger partial charge is 0.481 e. The van der Waals surface area contributed by atoms with Crippen molar-refractivity contribution in [3.05, 3.63) is 65.0 Å². The van der Waals surface area contributed by atoms with Crippen LogP contribution in [0.4, 0.5) is 4.39 Å². The average Bonchev–Trinajstić information content (AvgIpc) is 2.81. The van der Waals surface area contributed by atoms with E-state index < -0.39 is 11.5 Å². The molecule has 1 heterocycles. The van der Waals surface area contributed by atoms with E-state index in [2.05, 4.69) is 5.32 Å². The third-order valence-electron chi connectivity index (χ3n) is 5.98. The normalized spacial score (nSPS) is 16.5. The van der Waals surface area contributed by atoms with E-state index in [9.17, 15) is 14.0 Å². The summed E-state index contributed by atoms with van der Waals surface area (Å²) in [6.45, 7) is 9.02. The van der Waals surface area contributed by atoms with Crippen LogP contribution in [0.2, 0.25) is 0 Å². The number of hydrogen-bond acceptors (Lipinski definition) is 4. The molecular formula is C27H35FN2O4. The lowest BCUT2D eigenvalue weighted by Crippen LogP contribution is -2.45. The molecule has 34 heavy (non-hydrogen) atoms. The fraction of sp³-hybridized carbons (Fsp3) is 0.481. The lowest BCUT2D eigenvalue weighted by molar-refractivity contribution is -0.141. The van der Waals surface area contributed by atoms with Gasteiger partial charge in [0.2, 0.25) is 5.91 Å². The Balaban J connectivity index is 1.96. The molecule has 1 aliphatic heterocycles. The van der Waals surface area contributed by atoms with Gasteiger partial charge in [-0.05, 0) is 53.8 Å². The lowest BCUT2D eigenvalue weighted by Gasteiger charge is -2.41. The Bertz CT molecular complexity index is 1000. The Morgan fingerprint density at radius 3 is 2.50 bits per heavy atom. The van der Waals surface area contributed by atoms with Crippen molar-refractivity contribution in [1.82, 2.24) is 10.2 Å². The van der Waals surface area contributed by atoms with Crippen LogP contribution in [0, 0.1) is 11.2 Å². The van der Waals surface area contributed by atoms with E-state index in [1.54, 1.807) is 19.2 Å². The second kappa shape index (κ2) is 11.0. The Morgan fingerprint density at radius 2 is 1.88 bits per heavy atom. The summed E-state index contributed by atoms with van der Waals surface area (Å²) in [5.74, 6) is 0.0696. The first-order valence-electron chi connectivity index (χ1n) is 11.8. The second-order valence-corrected chi connectivity index (χ2v) is 9.61. The van der Waals surface area contributed by atoms with Gasteiger partial charge in [0.1, 0.15) is 11.6 Å². The number of hydrogen-bond donors (Lipinski definition) is 1. The molecule has 0 fully saturated rings. The molecule has 6 nitrogen and oxygen atoms in total. The van der Waals surface area contributed by atoms with Crippen molar-refractivity contribution in [2.75, 3.05) is 26.8 Å². The van der Waals surface area contributed by atoms with Gasteiger partial charge in [-0.25, -0.2) is 4.39 Å². The molecule has 2 amide bonds. The minimum absolute atomic E-state index is 0.0303. The first-order valence-corrected chi connectivity index (χ1v) is 11.8. The van der Waals surface area contributed by atoms with E-state index >= 15 is 0 Å². The fourth-order valence-corrected chi connectivity index (χ4v) is 4.20. The van der Waals surface area contributed by atoms with Gasteiger partial charge < -0.3 is 19.7 Å². The Morgan fingerprint density at radius 1 is 1.18 bits per heavy atom. The highest BCUT2D eigenvalue weighted by Gasteiger charge is 2.37. The van der Waals surface area contributed by atoms with Crippen LogP contribution in [-0.2, 0) is 20.7 Å². The van der Waals surface area contributed by atoms with Gasteiger partial charge in [-0.1, -0.05) is 45.9 Å². The number of fused-ring (bicyclic) bond motifs is 1. The fourth-order valence-electron chi connectivity index (χ4n) is 4.20. The quantitative estimate of drug-likeness (QED) is 0.586. The first-order chi connectivity index (χ1) is 16.2. The molecule has 1 N–H and O–H groups in total. The molecule has 0 spiro atoms. The number of ether oxygens (including phenoxy) is 2. The van der Waals surface area contributed by atoms with E-state index in [0.29, 0.717) is 38.3 Å². The molecule has 0 saturated heterocycles. The van der Waals surface area contributed by atoms with Gasteiger partial charge in [-0.3, -0.25) is 9.59 Å². The molecule has 1 aliphatic rings. The number of rotatable bonds is 8. The van der Waals surface area contributed by atoms with Crippen LogP contribution in [0.5, 0.6) is 5.75 Å². The highest BCUT2D eigenvalue weighted by molar-refractivity contribution is 5.83. The third kappa shape index (κ3) is 5.95. The maximum absolute atomic E-state index is 13.7. The van der Waals surface area contributed by atoms with E-state index in [-0.39, 0.29) is 23.7 Å². The molecule has 0 unspecified atom stereocenters. The third-order valence-corrected chi connectivity index (χ3v) is 5.98. The van der Waals surface area contributed by atoms with Crippen molar-refractivity contribution < 1.29 is 23.5 Å². The van der Waals surface area contributed by atoms with Crippen molar-refractivity contribution >= 4 is 11.8 Å². The smallest absolute Gasteiger partial charge is 0.261 e. The predicted octanol–water partition coefficient (Wildman–Crippen LogP) is 4.27. The molecule has 184 valence electrons. The Labute approximate surface area is 201 Å². The summed E-state index contributed by atoms with van der Waals surface area (Å²) in [7, 11) is 1.58. The van der Waals surface area contributed by atoms with Crippen LogP contribution in [0.3, 0.4) is 0 Å². The monoisotopic (exact) mass is 470 g/mol. The van der Waals surface area contributed by atoms with Gasteiger partial charge >= 0.3 is 0 Å². The summed E-state index contributed by atoms with van der Waals surface area (Å²) in [6, 6.07) is 11.7. The predicted molar refractivity (Wildman–Crippen MR) is 129 cm³/mol. The zero-order valence-electron chi connectivity index (χ0n) is 20.7. The van der Waals surface area contributed by atoms with Crippen LogP contribution < -0.4 is 10.1 Å². The lowest BCUT2D eigenvalue weighted by atomic mass is 9.85. The Kier molecular flexibility index (Phi) is 8.31. The number of amides is 2. The van der Waals surface area contributed by atoms with Crippen molar-refractivity contribution in [2.24, 2.45) is 5.41 Å². The number of nitrogens with one attached hydrogen (secondary N) is 1. The SMILES string of the molecule is CC[C@@H](Oc1ccc2c(c1)[C@H](c1ccc(F)cc1)N(C(=O)C(C)(C)C)CC2)C(=O)NCCOC. The number of carbonyl (C=O) groups is 2. The number of benzene rings is 2. The summed E-state index contributed by atoms with van der Waals surface area (Å²) in [5, 5.41) is 2.82. The molecule has 3 rings (SSSR count). The van der Waals surface area contributed by atoms with Crippen LogP contribution in [0.25, 0.3) is 0 Å². The van der Waals surface area contributed by atoms with Crippen LogP contribution in [-0.4, -0.2) is 49.6 Å². The molecule has 0 bridgehead atoms. The van der Waals surface area contributed by atoms with Gasteiger partial charge in [0.05, 0.1) is 12.6 Å². The first kappa shape index (κ1) is 25.7. The zero-order chi connectivity index (χ0) is 24.9. The maximum atomic E-state index is 13.7. The van der Waals surface area contributed by atoms with E-state index in [4.69, 9.17) is 9.47 Å². The van der Waals surface area contributed by atoms with E-state index in [1.165, 1.54) is 12.1 Å². The van der Waals surface area contributed by atoms with Crippen molar-refractivity contribution in [1.29, 1.82) is 0 Å². The van der Waals surface area contributed by atoms with Crippen LogP contribution in [0.15, 0.2) is 42.5 Å². The highest BCUT2D eigenvalue weighted by atomic mass is 19.1. The van der Waals surface area contributed by atoms with Gasteiger partial charge in [0.15, 0.2) is 6.10 Å². The van der Waals surface area contributed by atoms with E-state index in [0.717, 1.165) is 16.7 Å². The number of methoxy groups -OCH3 is 1. The van der Waals surface area contributed by atoms with Crippen molar-refractivity contribution in [3.63, 3.8) is 0 Å². The molecule has 0 aromatic heterocycles. The molecule has 2 aromatic rings. The molecule has 2 atom stereocenters. The standard InChI is InChI=1S/C27H35FN2O4/c1-6-23(25(31)29-14-16-33-5)34-21-12-9-18-13-15-30(26(32)27(2,3)4)24(22(18)17-21)19-7-10-20(28)11-8-19/h7-12,17,23-24H,6,13-16H2,1-5H3,(H,29,31)/t23-,24+/m1/s1. The van der Waals surface area contributed by atoms with Gasteiger partial charge in [-0.15, -0.1) is 0 Å². The van der Waals surface area contributed by atoms with Gasteiger partial charge in [0, 0.05) is 25.6 Å². The summed E-state index contributed by atoms with van der Waals surface area (Å²) >= 11 is 0. The highest BCUT2D eigenvalue weighted by Crippen LogP contribution is 2.39. The summed E-state index contributed by atoms with van der Waals surface area (Å²) in [6.07, 6.45) is 0.575. The topological polar surface area (TPSA) is 67.9 Å². The number of carbonyl (C=O) groups excluding carboxylic acids is 2. The number of halogens is 1. The summed E-state index contributed by atoms with van der Waals surface area (Å²) in [4.78, 5) is 27.8. The maximum Gasteiger partial charge on any atom is 0.261 e. The minimum Gasteiger partial charge on any atom is -0.481 e. The van der Waals surface area contributed by atoms with Crippen LogP contribution in [0.1, 0.15) is 56.8 Å². The van der Waals surface area contributed by atoms with Gasteiger partial charge in [0.25, 0.3) is 5.91 Å². The summed E-state index contributed by atoms with van der Waals surface area (Å²) < 4.78 is 24.7. The van der Waals surface area contributed by atoms with Crippen molar-refractivity contribution in [3.8, 4) is 5.75 Å². The molecular weight excluding hydrogens is 435 g/mol. The van der Waals surface area contributed by atoms with Gasteiger partial charge in [-0.2, -0.15) is 0 Å². The minimum atomic E-state index is -0.643. The second-order valence-electron chi connectivity index (χ2n) is 9.61. The zero-order valence-corrected chi connectivity index (χ0v) is 20.7. The van der Waals surface area contributed by atoms with E-state index in [1.807, 2.05) is 50.8 Å². The number of nitrogens with zero attached hydrogens (tertiary/aromatic N) is 1. The Hall–Kier alpha value is -2.93. The molecule has 0 saturated carbocycles. The molecule has 7 heteroatoms. The van der Waals surface area contributed by atoms with Crippen LogP contribution >= 0.6 is 0 Å². The molecule has 0 radical (unpaired) electrons. The molecule has 2 aromatic carbocycles. The summed E-state index contributed by atoms with van der Waals surface area (Å²) in [5.41, 5.74) is 2.32.